The molecule has 198 valence electrons. The molecule has 5 rings (SSSR count). The molecule has 1 fully saturated rings. The topological polar surface area (TPSA) is 111 Å². The Morgan fingerprint density at radius 3 is 2.66 bits per heavy atom. The lowest BCUT2D eigenvalue weighted by molar-refractivity contribution is -0.126. The molecule has 1 aliphatic carbocycles. The van der Waals surface area contributed by atoms with Gasteiger partial charge in [-0.15, -0.1) is 10.2 Å². The van der Waals surface area contributed by atoms with Crippen molar-refractivity contribution < 1.29 is 4.79 Å². The van der Waals surface area contributed by atoms with E-state index in [4.69, 9.17) is 0 Å². The Morgan fingerprint density at radius 2 is 1.92 bits per heavy atom. The van der Waals surface area contributed by atoms with Gasteiger partial charge in [-0.3, -0.25) is 18.9 Å². The Balaban J connectivity index is 1.59. The average molecular weight is 514 g/mol. The van der Waals surface area contributed by atoms with Gasteiger partial charge >= 0.3 is 5.69 Å². The molecular weight excluding hydrogens is 478 g/mol. The smallest absolute Gasteiger partial charge is 0.297 e. The zero-order chi connectivity index (χ0) is 26.6. The van der Waals surface area contributed by atoms with E-state index in [-0.39, 0.29) is 17.4 Å². The molecule has 0 aliphatic heterocycles. The standard InChI is InChI=1S/C29H35N7O2/c1-4-5-9-21-18-36(27-22(19(2)3)12-8-13-26(27)37)29(38)35(21)17-20-16-30-15-14-23(20)24-10-6-7-11-25(24)28-31-33-34-32-28/h6-7,10-11,14-16,18-19,22,27H,4-5,8-9,12-13,17H2,1-3H3,(H,31,32,33,34). The zero-order valence-corrected chi connectivity index (χ0v) is 22.3. The van der Waals surface area contributed by atoms with E-state index in [0.29, 0.717) is 24.7 Å². The minimum absolute atomic E-state index is 0.122. The van der Waals surface area contributed by atoms with E-state index in [1.54, 1.807) is 10.8 Å². The lowest BCUT2D eigenvalue weighted by Gasteiger charge is -2.33. The molecular formula is C29H35N7O2. The van der Waals surface area contributed by atoms with Gasteiger partial charge in [0.25, 0.3) is 0 Å². The predicted molar refractivity (Wildman–Crippen MR) is 145 cm³/mol. The summed E-state index contributed by atoms with van der Waals surface area (Å²) in [4.78, 5) is 31.5. The van der Waals surface area contributed by atoms with Crippen LogP contribution in [0.3, 0.4) is 0 Å². The minimum atomic E-state index is -0.398. The first-order valence-electron chi connectivity index (χ1n) is 13.6. The van der Waals surface area contributed by atoms with E-state index in [2.05, 4.69) is 46.4 Å². The van der Waals surface area contributed by atoms with Crippen LogP contribution in [-0.4, -0.2) is 40.5 Å². The number of aryl methyl sites for hydroxylation is 1. The number of tetrazole rings is 1. The maximum absolute atomic E-state index is 14.0. The van der Waals surface area contributed by atoms with Crippen molar-refractivity contribution in [2.75, 3.05) is 0 Å². The summed E-state index contributed by atoms with van der Waals surface area (Å²) in [5.41, 5.74) is 4.49. The number of ketones is 1. The van der Waals surface area contributed by atoms with Gasteiger partial charge in [0.2, 0.25) is 5.82 Å². The van der Waals surface area contributed by atoms with Gasteiger partial charge in [-0.05, 0) is 65.5 Å². The van der Waals surface area contributed by atoms with Gasteiger partial charge in [0.15, 0.2) is 5.78 Å². The fourth-order valence-corrected chi connectivity index (χ4v) is 5.76. The molecule has 2 unspecified atom stereocenters. The largest absolute Gasteiger partial charge is 0.329 e. The van der Waals surface area contributed by atoms with E-state index in [1.807, 2.05) is 47.3 Å². The zero-order valence-electron chi connectivity index (χ0n) is 22.3. The molecule has 0 bridgehead atoms. The van der Waals surface area contributed by atoms with Crippen LogP contribution in [0.15, 0.2) is 53.7 Å². The van der Waals surface area contributed by atoms with Gasteiger partial charge in [-0.2, -0.15) is 5.21 Å². The summed E-state index contributed by atoms with van der Waals surface area (Å²) in [7, 11) is 0. The number of nitrogens with one attached hydrogen (secondary N) is 1. The Kier molecular flexibility index (Phi) is 7.62. The van der Waals surface area contributed by atoms with Crippen molar-refractivity contribution in [1.82, 2.24) is 34.7 Å². The number of aromatic nitrogens is 7. The van der Waals surface area contributed by atoms with Crippen LogP contribution in [-0.2, 0) is 17.8 Å². The van der Waals surface area contributed by atoms with Crippen LogP contribution >= 0.6 is 0 Å². The average Bonchev–Trinajstić information content (AvgIpc) is 3.57. The highest BCUT2D eigenvalue weighted by molar-refractivity contribution is 5.84. The number of nitrogens with zero attached hydrogens (tertiary/aromatic N) is 6. The molecule has 38 heavy (non-hydrogen) atoms. The number of pyridine rings is 1. The van der Waals surface area contributed by atoms with Gasteiger partial charge in [0.05, 0.1) is 12.6 Å². The number of unbranched alkanes of at least 4 members (excludes halogenated alkanes) is 1. The van der Waals surface area contributed by atoms with Crippen LogP contribution in [0.25, 0.3) is 22.5 Å². The summed E-state index contributed by atoms with van der Waals surface area (Å²) in [6.07, 6.45) is 10.7. The van der Waals surface area contributed by atoms with Crippen molar-refractivity contribution >= 4 is 5.78 Å². The van der Waals surface area contributed by atoms with Crippen molar-refractivity contribution in [2.24, 2.45) is 11.8 Å². The van der Waals surface area contributed by atoms with E-state index in [1.165, 1.54) is 0 Å². The number of H-pyrrole nitrogens is 1. The lowest BCUT2D eigenvalue weighted by atomic mass is 9.77. The number of hydrogen-bond acceptors (Lipinski definition) is 6. The fourth-order valence-electron chi connectivity index (χ4n) is 5.76. The minimum Gasteiger partial charge on any atom is -0.297 e. The Bertz CT molecular complexity index is 1450. The number of aromatic amines is 1. The highest BCUT2D eigenvalue weighted by Crippen LogP contribution is 2.36. The summed E-state index contributed by atoms with van der Waals surface area (Å²) < 4.78 is 3.58. The molecule has 9 heteroatoms. The monoisotopic (exact) mass is 513 g/mol. The van der Waals surface area contributed by atoms with Gasteiger partial charge in [-0.25, -0.2) is 4.79 Å². The van der Waals surface area contributed by atoms with Gasteiger partial charge < -0.3 is 0 Å². The molecule has 4 aromatic rings. The number of carbonyl (C=O) groups excluding carboxylic acids is 1. The first-order chi connectivity index (χ1) is 18.5. The fraction of sp³-hybridized carbons (Fsp3) is 0.448. The maximum Gasteiger partial charge on any atom is 0.329 e. The SMILES string of the molecule is CCCCc1cn(C2C(=O)CCCC2C(C)C)c(=O)n1Cc1cnccc1-c1ccccc1-c1nn[nH]n1. The first-order valence-corrected chi connectivity index (χ1v) is 13.6. The number of Topliss-reactive ketones (excluding diaryl/α,β-unsaturated/α-hetero) is 1. The maximum atomic E-state index is 14.0. The third kappa shape index (κ3) is 4.97. The number of rotatable bonds is 9. The summed E-state index contributed by atoms with van der Waals surface area (Å²) in [5, 5.41) is 14.6. The van der Waals surface area contributed by atoms with Gasteiger partial charge in [0.1, 0.15) is 0 Å². The van der Waals surface area contributed by atoms with E-state index in [9.17, 15) is 9.59 Å². The van der Waals surface area contributed by atoms with Crippen LogP contribution < -0.4 is 5.69 Å². The summed E-state index contributed by atoms with van der Waals surface area (Å²) in [6.45, 7) is 6.81. The molecule has 3 heterocycles. The van der Waals surface area contributed by atoms with Crippen LogP contribution in [0.2, 0.25) is 0 Å². The number of benzene rings is 1. The number of imidazole rings is 1. The van der Waals surface area contributed by atoms with Crippen molar-refractivity contribution in [2.45, 2.75) is 71.9 Å². The Morgan fingerprint density at radius 1 is 1.11 bits per heavy atom. The van der Waals surface area contributed by atoms with Crippen LogP contribution in [0, 0.1) is 11.8 Å². The summed E-state index contributed by atoms with van der Waals surface area (Å²) in [6, 6.07) is 9.45. The number of carbonyl (C=O) groups is 1. The summed E-state index contributed by atoms with van der Waals surface area (Å²) >= 11 is 0. The molecule has 0 radical (unpaired) electrons. The van der Waals surface area contributed by atoms with Crippen LogP contribution in [0.4, 0.5) is 0 Å². The molecule has 9 nitrogen and oxygen atoms in total. The van der Waals surface area contributed by atoms with Gasteiger partial charge in [-0.1, -0.05) is 51.5 Å². The normalized spacial score (nSPS) is 17.8. The van der Waals surface area contributed by atoms with Crippen molar-refractivity contribution in [3.05, 3.63) is 70.7 Å². The highest BCUT2D eigenvalue weighted by atomic mass is 16.2. The molecule has 2 atom stereocenters. The Hall–Kier alpha value is -3.88. The molecule has 1 saturated carbocycles. The molecule has 1 N–H and O–H groups in total. The molecule has 1 aliphatic rings. The first kappa shape index (κ1) is 25.8. The molecule has 0 amide bonds. The highest BCUT2D eigenvalue weighted by Gasteiger charge is 2.36. The molecule has 1 aromatic carbocycles. The van der Waals surface area contributed by atoms with Crippen molar-refractivity contribution in [3.63, 3.8) is 0 Å². The van der Waals surface area contributed by atoms with Gasteiger partial charge in [0, 0.05) is 36.3 Å². The molecule has 0 saturated heterocycles. The second kappa shape index (κ2) is 11.2. The second-order valence-electron chi connectivity index (χ2n) is 10.5. The predicted octanol–water partition coefficient (Wildman–Crippen LogP) is 4.85. The van der Waals surface area contributed by atoms with Crippen LogP contribution in [0.5, 0.6) is 0 Å². The van der Waals surface area contributed by atoms with Crippen molar-refractivity contribution in [1.29, 1.82) is 0 Å². The molecule has 0 spiro atoms. The third-order valence-electron chi connectivity index (χ3n) is 7.76. The summed E-state index contributed by atoms with van der Waals surface area (Å²) in [5.74, 6) is 1.17. The Labute approximate surface area is 222 Å². The molecule has 3 aromatic heterocycles. The second-order valence-corrected chi connectivity index (χ2v) is 10.5. The van der Waals surface area contributed by atoms with Crippen molar-refractivity contribution in [3.8, 4) is 22.5 Å². The lowest BCUT2D eigenvalue weighted by Crippen LogP contribution is -2.39. The quantitative estimate of drug-likeness (QED) is 0.342. The van der Waals surface area contributed by atoms with E-state index in [0.717, 1.165) is 60.1 Å². The van der Waals surface area contributed by atoms with Crippen LogP contribution in [0.1, 0.15) is 70.2 Å². The third-order valence-corrected chi connectivity index (χ3v) is 7.76. The van der Waals surface area contributed by atoms with E-state index < -0.39 is 6.04 Å². The van der Waals surface area contributed by atoms with E-state index >= 15 is 0 Å². The number of hydrogen-bond donors (Lipinski definition) is 1.